The highest BCUT2D eigenvalue weighted by Gasteiger charge is 2.41. The van der Waals surface area contributed by atoms with E-state index in [1.165, 1.54) is 29.5 Å². The van der Waals surface area contributed by atoms with Crippen LogP contribution < -0.4 is 11.1 Å². The molecule has 2 bridgehead atoms. The van der Waals surface area contributed by atoms with Gasteiger partial charge in [-0.15, -0.1) is 12.4 Å². The third kappa shape index (κ3) is 4.74. The molecule has 2 atom stereocenters. The van der Waals surface area contributed by atoms with Gasteiger partial charge in [0.05, 0.1) is 6.54 Å². The van der Waals surface area contributed by atoms with Gasteiger partial charge in [-0.1, -0.05) is 12.5 Å². The molecule has 7 heteroatoms. The lowest BCUT2D eigenvalue weighted by Crippen LogP contribution is -2.49. The first-order valence-electron chi connectivity index (χ1n) is 9.00. The number of nitrogens with one attached hydrogen (secondary N) is 1. The summed E-state index contributed by atoms with van der Waals surface area (Å²) in [4.78, 5) is 26.3. The number of rotatable bonds is 4. The van der Waals surface area contributed by atoms with Crippen molar-refractivity contribution < 1.29 is 14.0 Å². The topological polar surface area (TPSA) is 75.4 Å². The Hall–Kier alpha value is -1.66. The summed E-state index contributed by atoms with van der Waals surface area (Å²) in [5, 5.41) is 2.63. The van der Waals surface area contributed by atoms with E-state index in [0.717, 1.165) is 25.7 Å². The smallest absolute Gasteiger partial charge is 0.243 e. The molecular formula is C19H27ClFN3O2. The number of nitrogens with zero attached hydrogens (tertiary/aromatic N) is 1. The van der Waals surface area contributed by atoms with Gasteiger partial charge in [0.2, 0.25) is 11.8 Å². The number of likely N-dealkylation sites (N-methyl/N-ethyl adjacent to an activating group) is 1. The van der Waals surface area contributed by atoms with E-state index in [9.17, 15) is 14.0 Å². The summed E-state index contributed by atoms with van der Waals surface area (Å²) in [5.74, 6) is 0.0914. The highest BCUT2D eigenvalue weighted by molar-refractivity contribution is 5.94. The highest BCUT2D eigenvalue weighted by Crippen LogP contribution is 2.42. The maximum Gasteiger partial charge on any atom is 0.243 e. The first kappa shape index (κ1) is 20.6. The molecule has 1 aromatic carbocycles. The second-order valence-electron chi connectivity index (χ2n) is 7.45. The van der Waals surface area contributed by atoms with Crippen LogP contribution in [-0.2, 0) is 9.59 Å². The number of amides is 2. The van der Waals surface area contributed by atoms with E-state index >= 15 is 0 Å². The van der Waals surface area contributed by atoms with Gasteiger partial charge in [-0.05, 0) is 55.7 Å². The molecule has 2 aliphatic carbocycles. The van der Waals surface area contributed by atoms with Crippen molar-refractivity contribution in [2.24, 2.45) is 23.5 Å². The molecule has 2 fully saturated rings. The quantitative estimate of drug-likeness (QED) is 0.839. The minimum Gasteiger partial charge on any atom is -0.336 e. The second kappa shape index (κ2) is 8.82. The lowest BCUT2D eigenvalue weighted by Gasteiger charge is -2.44. The largest absolute Gasteiger partial charge is 0.336 e. The van der Waals surface area contributed by atoms with Crippen LogP contribution in [0, 0.1) is 23.6 Å². The Bertz CT molecular complexity index is 643. The Morgan fingerprint density at radius 2 is 1.92 bits per heavy atom. The molecule has 2 unspecified atom stereocenters. The molecule has 3 rings (SSSR count). The fraction of sp³-hybridized carbons (Fsp3) is 0.579. The molecule has 0 saturated heterocycles. The first-order chi connectivity index (χ1) is 11.9. The maximum atomic E-state index is 13.2. The monoisotopic (exact) mass is 383 g/mol. The first-order valence-corrected chi connectivity index (χ1v) is 9.00. The molecule has 3 N–H and O–H groups in total. The van der Waals surface area contributed by atoms with E-state index < -0.39 is 5.82 Å². The summed E-state index contributed by atoms with van der Waals surface area (Å²) in [7, 11) is 1.65. The Kier molecular flexibility index (Phi) is 7.01. The molecule has 1 aromatic rings. The van der Waals surface area contributed by atoms with Gasteiger partial charge in [0.25, 0.3) is 0 Å². The molecular weight excluding hydrogens is 357 g/mol. The molecule has 0 aromatic heterocycles. The predicted octanol–water partition coefficient (Wildman–Crippen LogP) is 2.80. The zero-order chi connectivity index (χ0) is 18.0. The summed E-state index contributed by atoms with van der Waals surface area (Å²) in [5.41, 5.74) is 6.67. The van der Waals surface area contributed by atoms with Crippen LogP contribution in [0.3, 0.4) is 0 Å². The van der Waals surface area contributed by atoms with Gasteiger partial charge in [-0.2, -0.15) is 0 Å². The summed E-state index contributed by atoms with van der Waals surface area (Å²) < 4.78 is 13.2. The van der Waals surface area contributed by atoms with Crippen LogP contribution in [0.5, 0.6) is 0 Å². The van der Waals surface area contributed by atoms with Crippen molar-refractivity contribution in [2.75, 3.05) is 18.9 Å². The van der Waals surface area contributed by atoms with Crippen LogP contribution in [0.25, 0.3) is 0 Å². The van der Waals surface area contributed by atoms with Crippen molar-refractivity contribution in [3.8, 4) is 0 Å². The molecule has 2 amide bonds. The maximum absolute atomic E-state index is 13.2. The summed E-state index contributed by atoms with van der Waals surface area (Å²) in [6, 6.07) is 5.94. The molecule has 26 heavy (non-hydrogen) atoms. The number of anilines is 1. The molecule has 2 saturated carbocycles. The van der Waals surface area contributed by atoms with Crippen LogP contribution >= 0.6 is 12.4 Å². The van der Waals surface area contributed by atoms with E-state index in [0.29, 0.717) is 17.5 Å². The zero-order valence-corrected chi connectivity index (χ0v) is 15.8. The standard InChI is InChI=1S/C19H26FN3O2.ClH/c1-23(11-17(24)22-16-7-3-6-15(20)10-16)19(25)14-8-12-4-2-5-13(9-14)18(12)21;/h3,6-7,10,12-14,18H,2,4-5,8-9,11,21H2,1H3,(H,22,24);1H. The van der Waals surface area contributed by atoms with Gasteiger partial charge < -0.3 is 16.0 Å². The van der Waals surface area contributed by atoms with Crippen molar-refractivity contribution >= 4 is 29.9 Å². The van der Waals surface area contributed by atoms with E-state index in [4.69, 9.17) is 5.73 Å². The van der Waals surface area contributed by atoms with Gasteiger partial charge in [-0.3, -0.25) is 9.59 Å². The van der Waals surface area contributed by atoms with Crippen LogP contribution in [-0.4, -0.2) is 36.3 Å². The molecule has 2 aliphatic rings. The van der Waals surface area contributed by atoms with Crippen LogP contribution in [0.4, 0.5) is 10.1 Å². The van der Waals surface area contributed by atoms with E-state index in [1.807, 2.05) is 0 Å². The Balaban J connectivity index is 0.00000243. The molecule has 0 aliphatic heterocycles. The predicted molar refractivity (Wildman–Crippen MR) is 101 cm³/mol. The van der Waals surface area contributed by atoms with Gasteiger partial charge >= 0.3 is 0 Å². The number of hydrogen-bond donors (Lipinski definition) is 2. The van der Waals surface area contributed by atoms with Crippen LogP contribution in [0.1, 0.15) is 32.1 Å². The average Bonchev–Trinajstić information content (AvgIpc) is 2.53. The second-order valence-corrected chi connectivity index (χ2v) is 7.45. The molecule has 144 valence electrons. The number of hydrogen-bond acceptors (Lipinski definition) is 3. The number of nitrogens with two attached hydrogens (primary N) is 1. The Labute approximate surface area is 159 Å². The van der Waals surface area contributed by atoms with Crippen molar-refractivity contribution in [3.63, 3.8) is 0 Å². The minimum atomic E-state index is -0.410. The van der Waals surface area contributed by atoms with Crippen LogP contribution in [0.15, 0.2) is 24.3 Å². The lowest BCUT2D eigenvalue weighted by molar-refractivity contribution is -0.139. The summed E-state index contributed by atoms with van der Waals surface area (Å²) in [6.07, 6.45) is 5.06. The number of carbonyl (C=O) groups is 2. The van der Waals surface area contributed by atoms with Crippen LogP contribution in [0.2, 0.25) is 0 Å². The normalized spacial score (nSPS) is 27.2. The summed E-state index contributed by atoms with van der Waals surface area (Å²) >= 11 is 0. The zero-order valence-electron chi connectivity index (χ0n) is 15.0. The van der Waals surface area contributed by atoms with E-state index in [2.05, 4.69) is 5.32 Å². The lowest BCUT2D eigenvalue weighted by atomic mass is 9.65. The molecule has 0 radical (unpaired) electrons. The van der Waals surface area contributed by atoms with Crippen molar-refractivity contribution in [2.45, 2.75) is 38.1 Å². The number of fused-ring (bicyclic) bond motifs is 2. The highest BCUT2D eigenvalue weighted by atomic mass is 35.5. The summed E-state index contributed by atoms with van der Waals surface area (Å²) in [6.45, 7) is -0.0345. The van der Waals surface area contributed by atoms with Crippen molar-refractivity contribution in [3.05, 3.63) is 30.1 Å². The Morgan fingerprint density at radius 1 is 1.27 bits per heavy atom. The van der Waals surface area contributed by atoms with Gasteiger partial charge in [0.1, 0.15) is 5.82 Å². The third-order valence-electron chi connectivity index (χ3n) is 5.63. The number of carbonyl (C=O) groups excluding carboxylic acids is 2. The fourth-order valence-corrected chi connectivity index (χ4v) is 4.36. The van der Waals surface area contributed by atoms with Crippen molar-refractivity contribution in [1.82, 2.24) is 4.90 Å². The van der Waals surface area contributed by atoms with Gasteiger partial charge in [0, 0.05) is 24.7 Å². The minimum absolute atomic E-state index is 0. The number of halogens is 2. The average molecular weight is 384 g/mol. The Morgan fingerprint density at radius 3 is 2.54 bits per heavy atom. The number of benzene rings is 1. The molecule has 0 heterocycles. The van der Waals surface area contributed by atoms with Gasteiger partial charge in [-0.25, -0.2) is 4.39 Å². The van der Waals surface area contributed by atoms with Crippen molar-refractivity contribution in [1.29, 1.82) is 0 Å². The van der Waals surface area contributed by atoms with E-state index in [1.54, 1.807) is 13.1 Å². The molecule has 0 spiro atoms. The fourth-order valence-electron chi connectivity index (χ4n) is 4.36. The van der Waals surface area contributed by atoms with Gasteiger partial charge in [0.15, 0.2) is 0 Å². The van der Waals surface area contributed by atoms with E-state index in [-0.39, 0.29) is 42.7 Å². The SMILES string of the molecule is CN(CC(=O)Nc1cccc(F)c1)C(=O)C1CC2CCCC(C1)C2N.Cl. The third-order valence-corrected chi connectivity index (χ3v) is 5.63. The molecule has 5 nitrogen and oxygen atoms in total.